The minimum absolute atomic E-state index is 0.0769. The van der Waals surface area contributed by atoms with Gasteiger partial charge in [-0.3, -0.25) is 14.6 Å². The lowest BCUT2D eigenvalue weighted by atomic mass is 10.2. The molecule has 1 aliphatic heterocycles. The molecule has 1 saturated carbocycles. The summed E-state index contributed by atoms with van der Waals surface area (Å²) < 4.78 is 1.08. The molecular weight excluding hydrogens is 303 g/mol. The molecule has 0 bridgehead atoms. The maximum atomic E-state index is 12.2. The Morgan fingerprint density at radius 2 is 1.95 bits per heavy atom. The molecule has 1 aliphatic carbocycles. The van der Waals surface area contributed by atoms with Gasteiger partial charge in [-0.05, 0) is 18.9 Å². The van der Waals surface area contributed by atoms with E-state index in [1.165, 1.54) is 24.2 Å². The number of halogens is 2. The lowest BCUT2D eigenvalue weighted by Gasteiger charge is -2.34. The molecule has 0 amide bonds. The van der Waals surface area contributed by atoms with Crippen molar-refractivity contribution < 1.29 is 4.79 Å². The van der Waals surface area contributed by atoms with Crippen molar-refractivity contribution in [2.75, 3.05) is 32.7 Å². The first-order valence-electron chi connectivity index (χ1n) is 6.58. The van der Waals surface area contributed by atoms with Crippen molar-refractivity contribution in [2.45, 2.75) is 18.9 Å². The highest BCUT2D eigenvalue weighted by molar-refractivity contribution is 7.20. The molecule has 1 aromatic rings. The number of nitrogens with zero attached hydrogens (tertiary/aromatic N) is 2. The van der Waals surface area contributed by atoms with Crippen LogP contribution in [0.25, 0.3) is 0 Å². The molecule has 19 heavy (non-hydrogen) atoms. The fourth-order valence-electron chi connectivity index (χ4n) is 2.54. The Bertz CT molecular complexity index is 479. The standard InChI is InChI=1S/C13H16Cl2N2OS/c14-12-7-10(13(15)19-12)11(18)8-16-3-5-17(6-4-16)9-1-2-9/h7,9H,1-6,8H2. The first kappa shape index (κ1) is 13.8. The van der Waals surface area contributed by atoms with Crippen LogP contribution in [0.1, 0.15) is 23.2 Å². The normalized spacial score (nSPS) is 21.8. The first-order valence-corrected chi connectivity index (χ1v) is 8.15. The molecule has 1 aromatic heterocycles. The molecule has 0 N–H and O–H groups in total. The van der Waals surface area contributed by atoms with Crippen LogP contribution in [0.2, 0.25) is 8.67 Å². The van der Waals surface area contributed by atoms with E-state index >= 15 is 0 Å². The van der Waals surface area contributed by atoms with Crippen molar-refractivity contribution >= 4 is 40.3 Å². The number of ketones is 1. The lowest BCUT2D eigenvalue weighted by Crippen LogP contribution is -2.48. The third-order valence-electron chi connectivity index (χ3n) is 3.79. The zero-order valence-corrected chi connectivity index (χ0v) is 12.9. The maximum Gasteiger partial charge on any atom is 0.179 e. The summed E-state index contributed by atoms with van der Waals surface area (Å²) in [5.41, 5.74) is 0.571. The Kier molecular flexibility index (Phi) is 4.15. The Balaban J connectivity index is 1.54. The topological polar surface area (TPSA) is 23.6 Å². The molecule has 3 nitrogen and oxygen atoms in total. The van der Waals surface area contributed by atoms with Crippen molar-refractivity contribution in [3.8, 4) is 0 Å². The predicted octanol–water partition coefficient (Wildman–Crippen LogP) is 3.02. The third-order valence-corrected chi connectivity index (χ3v) is 5.28. The predicted molar refractivity (Wildman–Crippen MR) is 79.7 cm³/mol. The van der Waals surface area contributed by atoms with Crippen LogP contribution in [0.15, 0.2) is 6.07 Å². The van der Waals surface area contributed by atoms with Crippen LogP contribution in [0, 0.1) is 0 Å². The number of carbonyl (C=O) groups excluding carboxylic acids is 1. The number of thiophene rings is 1. The van der Waals surface area contributed by atoms with E-state index in [4.69, 9.17) is 23.2 Å². The minimum atomic E-state index is 0.0769. The second-order valence-corrected chi connectivity index (χ2v) is 7.49. The fraction of sp³-hybridized carbons (Fsp3) is 0.615. The maximum absolute atomic E-state index is 12.2. The molecule has 0 aromatic carbocycles. The van der Waals surface area contributed by atoms with Crippen molar-refractivity contribution in [1.29, 1.82) is 0 Å². The zero-order valence-electron chi connectivity index (χ0n) is 10.6. The van der Waals surface area contributed by atoms with Gasteiger partial charge in [0.2, 0.25) is 0 Å². The van der Waals surface area contributed by atoms with E-state index in [1.807, 2.05) is 0 Å². The van der Waals surface area contributed by atoms with E-state index in [0.717, 1.165) is 32.2 Å². The van der Waals surface area contributed by atoms with E-state index in [-0.39, 0.29) is 5.78 Å². The average Bonchev–Trinajstić information content (AvgIpc) is 3.16. The summed E-state index contributed by atoms with van der Waals surface area (Å²) in [6.07, 6.45) is 2.70. The second-order valence-electron chi connectivity index (χ2n) is 5.20. The number of rotatable bonds is 4. The number of hydrogen-bond donors (Lipinski definition) is 0. The van der Waals surface area contributed by atoms with Crippen LogP contribution in [0.5, 0.6) is 0 Å². The summed E-state index contributed by atoms with van der Waals surface area (Å²) in [5.74, 6) is 0.0769. The van der Waals surface area contributed by atoms with Gasteiger partial charge >= 0.3 is 0 Å². The smallest absolute Gasteiger partial charge is 0.179 e. The van der Waals surface area contributed by atoms with Gasteiger partial charge in [-0.1, -0.05) is 23.2 Å². The zero-order chi connectivity index (χ0) is 13.4. The Morgan fingerprint density at radius 3 is 2.47 bits per heavy atom. The van der Waals surface area contributed by atoms with Gasteiger partial charge in [0, 0.05) is 32.2 Å². The molecule has 6 heteroatoms. The molecule has 104 valence electrons. The Labute approximate surface area is 127 Å². The molecular formula is C13H16Cl2N2OS. The van der Waals surface area contributed by atoms with Crippen LogP contribution in [0.3, 0.4) is 0 Å². The summed E-state index contributed by atoms with van der Waals surface area (Å²) in [5, 5.41) is 0. The fourth-order valence-corrected chi connectivity index (χ4v) is 4.04. The van der Waals surface area contributed by atoms with Gasteiger partial charge in [0.1, 0.15) is 4.34 Å². The number of hydrogen-bond acceptors (Lipinski definition) is 4. The summed E-state index contributed by atoms with van der Waals surface area (Å²) in [7, 11) is 0. The van der Waals surface area contributed by atoms with Crippen LogP contribution in [-0.2, 0) is 0 Å². The Hall–Kier alpha value is -0.130. The van der Waals surface area contributed by atoms with Gasteiger partial charge < -0.3 is 0 Å². The van der Waals surface area contributed by atoms with Gasteiger partial charge in [-0.25, -0.2) is 0 Å². The largest absolute Gasteiger partial charge is 0.298 e. The van der Waals surface area contributed by atoms with Gasteiger partial charge in [0.05, 0.1) is 16.4 Å². The average molecular weight is 319 g/mol. The van der Waals surface area contributed by atoms with Gasteiger partial charge in [-0.15, -0.1) is 11.3 Å². The summed E-state index contributed by atoms with van der Waals surface area (Å²) in [6, 6.07) is 2.50. The quantitative estimate of drug-likeness (QED) is 0.797. The summed E-state index contributed by atoms with van der Waals surface area (Å²) >= 11 is 13.1. The van der Waals surface area contributed by atoms with Gasteiger partial charge in [0.25, 0.3) is 0 Å². The molecule has 2 heterocycles. The van der Waals surface area contributed by atoms with Crippen molar-refractivity contribution in [2.24, 2.45) is 0 Å². The Morgan fingerprint density at radius 1 is 1.26 bits per heavy atom. The summed E-state index contributed by atoms with van der Waals surface area (Å²) in [4.78, 5) is 16.9. The van der Waals surface area contributed by atoms with E-state index < -0.39 is 0 Å². The van der Waals surface area contributed by atoms with E-state index in [0.29, 0.717) is 20.8 Å². The molecule has 0 spiro atoms. The number of Topliss-reactive ketones (excluding diaryl/α,β-unsaturated/α-hetero) is 1. The van der Waals surface area contributed by atoms with E-state index in [9.17, 15) is 4.79 Å². The molecule has 2 aliphatic rings. The highest BCUT2D eigenvalue weighted by Crippen LogP contribution is 2.32. The molecule has 0 unspecified atom stereocenters. The molecule has 0 atom stereocenters. The first-order chi connectivity index (χ1) is 9.13. The SMILES string of the molecule is O=C(CN1CCN(C2CC2)CC1)c1cc(Cl)sc1Cl. The summed E-state index contributed by atoms with van der Waals surface area (Å²) in [6.45, 7) is 4.55. The highest BCUT2D eigenvalue weighted by atomic mass is 35.5. The van der Waals surface area contributed by atoms with E-state index in [1.54, 1.807) is 6.07 Å². The molecule has 0 radical (unpaired) electrons. The van der Waals surface area contributed by atoms with Crippen LogP contribution in [-0.4, -0.2) is 54.3 Å². The van der Waals surface area contributed by atoms with Crippen LogP contribution < -0.4 is 0 Å². The lowest BCUT2D eigenvalue weighted by molar-refractivity contribution is 0.0844. The van der Waals surface area contributed by atoms with E-state index in [2.05, 4.69) is 9.80 Å². The van der Waals surface area contributed by atoms with Crippen molar-refractivity contribution in [1.82, 2.24) is 9.80 Å². The van der Waals surface area contributed by atoms with Crippen LogP contribution >= 0.6 is 34.5 Å². The highest BCUT2D eigenvalue weighted by Gasteiger charge is 2.31. The second kappa shape index (κ2) is 5.70. The molecule has 3 rings (SSSR count). The molecule has 2 fully saturated rings. The monoisotopic (exact) mass is 318 g/mol. The van der Waals surface area contributed by atoms with Gasteiger partial charge in [-0.2, -0.15) is 0 Å². The minimum Gasteiger partial charge on any atom is -0.298 e. The number of piperazine rings is 1. The number of carbonyl (C=O) groups is 1. The van der Waals surface area contributed by atoms with Gasteiger partial charge in [0.15, 0.2) is 5.78 Å². The van der Waals surface area contributed by atoms with Crippen molar-refractivity contribution in [3.05, 3.63) is 20.3 Å². The third kappa shape index (κ3) is 3.31. The molecule has 1 saturated heterocycles. The van der Waals surface area contributed by atoms with Crippen molar-refractivity contribution in [3.63, 3.8) is 0 Å². The van der Waals surface area contributed by atoms with Crippen LogP contribution in [0.4, 0.5) is 0 Å².